The van der Waals surface area contributed by atoms with E-state index < -0.39 is 17.6 Å². The predicted octanol–water partition coefficient (Wildman–Crippen LogP) is 6.68. The first-order valence-corrected chi connectivity index (χ1v) is 14.6. The van der Waals surface area contributed by atoms with E-state index in [0.717, 1.165) is 42.0 Å². The Morgan fingerprint density at radius 2 is 1.55 bits per heavy atom. The van der Waals surface area contributed by atoms with Crippen LogP contribution in [0.3, 0.4) is 0 Å². The average Bonchev–Trinajstić information content (AvgIpc) is 3.79. The first-order chi connectivity index (χ1) is 21.5. The fourth-order valence-electron chi connectivity index (χ4n) is 6.60. The number of hydrogen-bond donors (Lipinski definition) is 0. The van der Waals surface area contributed by atoms with Gasteiger partial charge in [-0.25, -0.2) is 13.5 Å². The standard InChI is InChI=1S/C36H27F2N5O/c37-30-14-15-31(38)34-33(30)27(18-23-10-12-28(13-11-23)42-17-5-16-39-42)19-29-35(34)40-43(36(29)44)32-9-4-3-8-26(32)22-41-20-24-6-1-2-7-25(24)21-41/h1-17,19,27H,18,20-22H2. The molecule has 3 heterocycles. The fraction of sp³-hybridized carbons (Fsp3) is 0.139. The molecule has 0 saturated carbocycles. The number of rotatable bonds is 6. The van der Waals surface area contributed by atoms with Gasteiger partial charge in [-0.2, -0.15) is 15.2 Å². The molecule has 44 heavy (non-hydrogen) atoms. The van der Waals surface area contributed by atoms with E-state index in [4.69, 9.17) is 0 Å². The Hall–Kier alpha value is -5.21. The van der Waals surface area contributed by atoms with Gasteiger partial charge in [0.2, 0.25) is 0 Å². The molecule has 0 N–H and O–H groups in total. The minimum atomic E-state index is -0.595. The van der Waals surface area contributed by atoms with Crippen molar-refractivity contribution in [2.75, 3.05) is 5.01 Å². The van der Waals surface area contributed by atoms with E-state index in [-0.39, 0.29) is 22.7 Å². The predicted molar refractivity (Wildman–Crippen MR) is 164 cm³/mol. The molecule has 1 aromatic heterocycles. The summed E-state index contributed by atoms with van der Waals surface area (Å²) in [5.41, 5.74) is 6.75. The number of anilines is 1. The van der Waals surface area contributed by atoms with Crippen molar-refractivity contribution in [1.29, 1.82) is 0 Å². The maximum atomic E-state index is 15.5. The number of hydrazone groups is 1. The Labute approximate surface area is 253 Å². The van der Waals surface area contributed by atoms with Crippen LogP contribution < -0.4 is 5.01 Å². The number of nitrogens with zero attached hydrogens (tertiary/aromatic N) is 5. The zero-order valence-electron chi connectivity index (χ0n) is 23.7. The highest BCUT2D eigenvalue weighted by molar-refractivity contribution is 6.36. The van der Waals surface area contributed by atoms with E-state index in [9.17, 15) is 4.79 Å². The largest absolute Gasteiger partial charge is 0.290 e. The number of fused-ring (bicyclic) bond motifs is 4. The lowest BCUT2D eigenvalue weighted by Gasteiger charge is -2.24. The Morgan fingerprint density at radius 1 is 0.818 bits per heavy atom. The van der Waals surface area contributed by atoms with Gasteiger partial charge in [-0.3, -0.25) is 9.69 Å². The molecule has 8 heteroatoms. The zero-order valence-corrected chi connectivity index (χ0v) is 23.7. The molecule has 0 radical (unpaired) electrons. The van der Waals surface area contributed by atoms with Crippen molar-refractivity contribution in [2.45, 2.75) is 32.0 Å². The van der Waals surface area contributed by atoms with E-state index in [0.29, 0.717) is 24.2 Å². The monoisotopic (exact) mass is 583 g/mol. The van der Waals surface area contributed by atoms with E-state index in [1.807, 2.05) is 72.9 Å². The highest BCUT2D eigenvalue weighted by Crippen LogP contribution is 2.41. The molecule has 6 nitrogen and oxygen atoms in total. The van der Waals surface area contributed by atoms with Crippen LogP contribution >= 0.6 is 0 Å². The Balaban J connectivity index is 1.13. The zero-order chi connectivity index (χ0) is 29.8. The van der Waals surface area contributed by atoms with Gasteiger partial charge < -0.3 is 0 Å². The molecule has 1 unspecified atom stereocenters. The van der Waals surface area contributed by atoms with Crippen LogP contribution in [-0.2, 0) is 30.8 Å². The summed E-state index contributed by atoms with van der Waals surface area (Å²) in [7, 11) is 0. The van der Waals surface area contributed by atoms with E-state index in [1.54, 1.807) is 17.0 Å². The van der Waals surface area contributed by atoms with Crippen LogP contribution in [0.1, 0.15) is 39.3 Å². The molecular formula is C36H27F2N5O. The summed E-state index contributed by atoms with van der Waals surface area (Å²) in [6, 6.07) is 27.9. The summed E-state index contributed by atoms with van der Waals surface area (Å²) in [5.74, 6) is -2.00. The van der Waals surface area contributed by atoms with E-state index in [1.165, 1.54) is 16.1 Å². The van der Waals surface area contributed by atoms with Crippen molar-refractivity contribution in [1.82, 2.24) is 14.7 Å². The van der Waals surface area contributed by atoms with Gasteiger partial charge in [0.1, 0.15) is 17.3 Å². The minimum absolute atomic E-state index is 0.0592. The number of carbonyl (C=O) groups is 1. The smallest absolute Gasteiger partial charge is 0.280 e. The first-order valence-electron chi connectivity index (χ1n) is 14.6. The molecule has 0 spiro atoms. The molecule has 1 aliphatic carbocycles. The summed E-state index contributed by atoms with van der Waals surface area (Å²) in [5, 5.41) is 10.3. The summed E-state index contributed by atoms with van der Waals surface area (Å²) in [6.45, 7) is 2.26. The minimum Gasteiger partial charge on any atom is -0.290 e. The summed E-state index contributed by atoms with van der Waals surface area (Å²) >= 11 is 0. The molecule has 0 fully saturated rings. The molecule has 216 valence electrons. The van der Waals surface area contributed by atoms with Gasteiger partial charge in [0.05, 0.1) is 16.9 Å². The molecule has 5 aromatic rings. The molecule has 1 atom stereocenters. The highest BCUT2D eigenvalue weighted by Gasteiger charge is 2.41. The maximum absolute atomic E-state index is 15.5. The van der Waals surface area contributed by atoms with Gasteiger partial charge in [0.15, 0.2) is 0 Å². The van der Waals surface area contributed by atoms with E-state index >= 15 is 8.78 Å². The quantitative estimate of drug-likeness (QED) is 0.224. The van der Waals surface area contributed by atoms with E-state index in [2.05, 4.69) is 27.2 Å². The number of halogens is 2. The second kappa shape index (κ2) is 10.5. The summed E-state index contributed by atoms with van der Waals surface area (Å²) in [6.07, 6.45) is 5.72. The van der Waals surface area contributed by atoms with Gasteiger partial charge >= 0.3 is 0 Å². The van der Waals surface area contributed by atoms with Crippen LogP contribution in [-0.4, -0.2) is 26.3 Å². The molecule has 8 rings (SSSR count). The molecule has 3 aliphatic rings. The van der Waals surface area contributed by atoms with Crippen LogP contribution in [0.5, 0.6) is 0 Å². The molecule has 4 aromatic carbocycles. The number of allylic oxidation sites excluding steroid dienone is 1. The third kappa shape index (κ3) is 4.46. The molecule has 0 bridgehead atoms. The van der Waals surface area contributed by atoms with Crippen molar-refractivity contribution >= 4 is 17.3 Å². The maximum Gasteiger partial charge on any atom is 0.280 e. The second-order valence-electron chi connectivity index (χ2n) is 11.4. The van der Waals surface area contributed by atoms with Crippen molar-refractivity contribution in [3.8, 4) is 5.69 Å². The second-order valence-corrected chi connectivity index (χ2v) is 11.4. The molecular weight excluding hydrogens is 556 g/mol. The Bertz CT molecular complexity index is 1960. The number of benzene rings is 4. The molecule has 1 amide bonds. The summed E-state index contributed by atoms with van der Waals surface area (Å²) in [4.78, 5) is 16.3. The topological polar surface area (TPSA) is 53.7 Å². The number of aromatic nitrogens is 2. The van der Waals surface area contributed by atoms with Crippen LogP contribution in [0.4, 0.5) is 14.5 Å². The SMILES string of the molecule is O=C1C2=CC(Cc3ccc(-n4cccn4)cc3)c3c(F)ccc(F)c3C2=NN1c1ccccc1CN1Cc2ccccc2C1. The van der Waals surface area contributed by atoms with Gasteiger partial charge in [-0.1, -0.05) is 60.7 Å². The lowest BCUT2D eigenvalue weighted by Crippen LogP contribution is -2.26. The molecule has 2 aliphatic heterocycles. The third-order valence-electron chi connectivity index (χ3n) is 8.68. The number of hydrogen-bond acceptors (Lipinski definition) is 4. The van der Waals surface area contributed by atoms with Crippen molar-refractivity contribution in [3.05, 3.63) is 160 Å². The van der Waals surface area contributed by atoms with Gasteiger partial charge in [-0.05, 0) is 65.1 Å². The lowest BCUT2D eigenvalue weighted by molar-refractivity contribution is -0.114. The average molecular weight is 584 g/mol. The highest BCUT2D eigenvalue weighted by atomic mass is 19.1. The van der Waals surface area contributed by atoms with Crippen molar-refractivity contribution in [2.24, 2.45) is 5.10 Å². The fourth-order valence-corrected chi connectivity index (χ4v) is 6.60. The van der Waals surface area contributed by atoms with Crippen molar-refractivity contribution < 1.29 is 13.6 Å². The van der Waals surface area contributed by atoms with Gasteiger partial charge in [0.25, 0.3) is 5.91 Å². The van der Waals surface area contributed by atoms with Gasteiger partial charge in [0, 0.05) is 49.1 Å². The Morgan fingerprint density at radius 3 is 2.30 bits per heavy atom. The van der Waals surface area contributed by atoms with Crippen molar-refractivity contribution in [3.63, 3.8) is 0 Å². The van der Waals surface area contributed by atoms with Crippen LogP contribution in [0, 0.1) is 11.6 Å². The lowest BCUT2D eigenvalue weighted by atomic mass is 9.79. The van der Waals surface area contributed by atoms with Crippen LogP contribution in [0.15, 0.2) is 120 Å². The number of para-hydroxylation sites is 1. The Kier molecular flexibility index (Phi) is 6.31. The first kappa shape index (κ1) is 26.4. The summed E-state index contributed by atoms with van der Waals surface area (Å²) < 4.78 is 32.7. The van der Waals surface area contributed by atoms with Crippen LogP contribution in [0.2, 0.25) is 0 Å². The van der Waals surface area contributed by atoms with Gasteiger partial charge in [-0.15, -0.1) is 0 Å². The molecule has 0 saturated heterocycles. The number of amides is 1. The third-order valence-corrected chi connectivity index (χ3v) is 8.68. The van der Waals surface area contributed by atoms with Crippen LogP contribution in [0.25, 0.3) is 5.69 Å². The number of carbonyl (C=O) groups excluding carboxylic acids is 1. The normalized spacial score (nSPS) is 17.3.